The molecule has 52 heavy (non-hydrogen) atoms. The van der Waals surface area contributed by atoms with Gasteiger partial charge in [-0.15, -0.1) is 0 Å². The molecule has 0 unspecified atom stereocenters. The molecule has 1 aliphatic heterocycles. The van der Waals surface area contributed by atoms with Crippen LogP contribution in [-0.2, 0) is 29.5 Å². The maximum Gasteiger partial charge on any atom is 0.387 e. The second-order valence-electron chi connectivity index (χ2n) is 12.4. The van der Waals surface area contributed by atoms with E-state index < -0.39 is 16.4 Å². The third kappa shape index (κ3) is 7.35. The van der Waals surface area contributed by atoms with Crippen LogP contribution in [0.3, 0.4) is 0 Å². The number of aromatic nitrogens is 4. The minimum absolute atomic E-state index is 0.0422. The van der Waals surface area contributed by atoms with Crippen molar-refractivity contribution in [3.8, 4) is 51.4 Å². The van der Waals surface area contributed by atoms with Crippen molar-refractivity contribution in [1.29, 1.82) is 0 Å². The van der Waals surface area contributed by atoms with E-state index in [-0.39, 0.29) is 24.1 Å². The zero-order valence-corrected chi connectivity index (χ0v) is 29.4. The average molecular weight is 726 g/mol. The number of hydrogen-bond acceptors (Lipinski definition) is 8. The zero-order valence-electron chi connectivity index (χ0n) is 28.6. The van der Waals surface area contributed by atoms with Gasteiger partial charge in [0.2, 0.25) is 6.79 Å². The SMILES string of the molecule is CCCCn1c(-c2ccccc2)nc(S(C)(=O)=O)c1-c1nc(-c2ccccc2)n(Cc2ccc(OC(F)F)cc2)c1NCc1ccc2c(c1)OCO2. The lowest BCUT2D eigenvalue weighted by molar-refractivity contribution is -0.0498. The highest BCUT2D eigenvalue weighted by atomic mass is 32.2. The smallest absolute Gasteiger partial charge is 0.387 e. The van der Waals surface area contributed by atoms with Gasteiger partial charge in [-0.1, -0.05) is 92.2 Å². The molecule has 3 heterocycles. The number of hydrogen-bond donors (Lipinski definition) is 1. The van der Waals surface area contributed by atoms with Crippen LogP contribution >= 0.6 is 0 Å². The number of rotatable bonds is 14. The van der Waals surface area contributed by atoms with E-state index in [1.807, 2.05) is 88.0 Å². The Morgan fingerprint density at radius 1 is 0.827 bits per heavy atom. The third-order valence-electron chi connectivity index (χ3n) is 8.66. The van der Waals surface area contributed by atoms with E-state index in [1.54, 1.807) is 12.1 Å². The summed E-state index contributed by atoms with van der Waals surface area (Å²) in [5.41, 5.74) is 4.02. The van der Waals surface area contributed by atoms with Gasteiger partial charge in [0.05, 0.1) is 6.54 Å². The molecule has 0 bridgehead atoms. The molecule has 10 nitrogen and oxygen atoms in total. The molecule has 268 valence electrons. The first kappa shape index (κ1) is 34.7. The highest BCUT2D eigenvalue weighted by molar-refractivity contribution is 7.90. The summed E-state index contributed by atoms with van der Waals surface area (Å²) in [6, 6.07) is 31.2. The van der Waals surface area contributed by atoms with E-state index in [4.69, 9.17) is 19.4 Å². The molecule has 0 spiro atoms. The number of imidazole rings is 2. The number of unbranched alkanes of at least 4 members (excludes halogenated alkanes) is 1. The summed E-state index contributed by atoms with van der Waals surface area (Å²) in [5.74, 6) is 2.98. The second kappa shape index (κ2) is 14.9. The fourth-order valence-corrected chi connectivity index (χ4v) is 7.02. The molecule has 1 N–H and O–H groups in total. The van der Waals surface area contributed by atoms with E-state index in [0.717, 1.165) is 41.4 Å². The number of nitrogens with zero attached hydrogens (tertiary/aromatic N) is 4. The van der Waals surface area contributed by atoms with Crippen molar-refractivity contribution in [1.82, 2.24) is 19.1 Å². The van der Waals surface area contributed by atoms with Crippen LogP contribution in [-0.4, -0.2) is 47.2 Å². The van der Waals surface area contributed by atoms with Crippen LogP contribution in [0.15, 0.2) is 108 Å². The summed E-state index contributed by atoms with van der Waals surface area (Å²) in [6.45, 7) is 0.366. The Morgan fingerprint density at radius 2 is 1.46 bits per heavy atom. The first-order valence-corrected chi connectivity index (χ1v) is 18.8. The fourth-order valence-electron chi connectivity index (χ4n) is 6.21. The highest BCUT2D eigenvalue weighted by Gasteiger charge is 2.32. The Labute approximate surface area is 300 Å². The van der Waals surface area contributed by atoms with Crippen molar-refractivity contribution in [2.24, 2.45) is 0 Å². The molecule has 0 fully saturated rings. The molecule has 0 saturated heterocycles. The number of ether oxygens (including phenoxy) is 3. The largest absolute Gasteiger partial charge is 0.454 e. The molecule has 0 saturated carbocycles. The number of benzene rings is 4. The van der Waals surface area contributed by atoms with Gasteiger partial charge in [0.25, 0.3) is 0 Å². The summed E-state index contributed by atoms with van der Waals surface area (Å²) >= 11 is 0. The monoisotopic (exact) mass is 725 g/mol. The summed E-state index contributed by atoms with van der Waals surface area (Å²) in [7, 11) is -3.86. The van der Waals surface area contributed by atoms with Gasteiger partial charge in [0, 0.05) is 30.5 Å². The Morgan fingerprint density at radius 3 is 2.10 bits per heavy atom. The van der Waals surface area contributed by atoms with E-state index in [2.05, 4.69) is 17.0 Å². The standard InChI is InChI=1S/C39H37F2N5O5S/c1-3-4-21-45-34(38(52(2,47)48)44-36(45)29-13-9-6-10-14-29)33-37(42-23-27-17-20-31-32(22-27)50-25-49-31)46(35(43-33)28-11-7-5-8-12-28)24-26-15-18-30(19-16-26)51-39(40)41/h5-20,22,39,42H,3-4,21,23-25H2,1-2H3. The summed E-state index contributed by atoms with van der Waals surface area (Å²) in [5, 5.41) is 3.51. The van der Waals surface area contributed by atoms with E-state index >= 15 is 0 Å². The average Bonchev–Trinajstić information content (AvgIpc) is 3.86. The predicted molar refractivity (Wildman–Crippen MR) is 194 cm³/mol. The van der Waals surface area contributed by atoms with Gasteiger partial charge in [-0.05, 0) is 41.8 Å². The first-order chi connectivity index (χ1) is 25.2. The maximum absolute atomic E-state index is 13.6. The molecular weight excluding hydrogens is 689 g/mol. The predicted octanol–water partition coefficient (Wildman–Crippen LogP) is 8.27. The quantitative estimate of drug-likeness (QED) is 0.120. The lowest BCUT2D eigenvalue weighted by Gasteiger charge is -2.17. The van der Waals surface area contributed by atoms with Crippen LogP contribution < -0.4 is 19.5 Å². The molecular formula is C39H37F2N5O5S. The Balaban J connectivity index is 1.46. The van der Waals surface area contributed by atoms with Crippen molar-refractivity contribution >= 4 is 15.7 Å². The minimum Gasteiger partial charge on any atom is -0.454 e. The summed E-state index contributed by atoms with van der Waals surface area (Å²) in [6.07, 6.45) is 2.80. The van der Waals surface area contributed by atoms with Gasteiger partial charge < -0.3 is 28.7 Å². The van der Waals surface area contributed by atoms with E-state index in [9.17, 15) is 17.2 Å². The van der Waals surface area contributed by atoms with Crippen molar-refractivity contribution in [3.05, 3.63) is 114 Å². The lowest BCUT2D eigenvalue weighted by atomic mass is 10.2. The Bertz CT molecular complexity index is 2280. The van der Waals surface area contributed by atoms with Crippen LogP contribution in [0.2, 0.25) is 0 Å². The zero-order chi connectivity index (χ0) is 36.2. The lowest BCUT2D eigenvalue weighted by Crippen LogP contribution is -2.11. The van der Waals surface area contributed by atoms with Crippen molar-refractivity contribution in [3.63, 3.8) is 0 Å². The van der Waals surface area contributed by atoms with Crippen LogP contribution in [0, 0.1) is 0 Å². The van der Waals surface area contributed by atoms with Gasteiger partial charge in [-0.3, -0.25) is 0 Å². The van der Waals surface area contributed by atoms with Gasteiger partial charge in [-0.25, -0.2) is 18.4 Å². The fraction of sp³-hybridized carbons (Fsp3) is 0.231. The van der Waals surface area contributed by atoms with Crippen LogP contribution in [0.4, 0.5) is 14.6 Å². The molecule has 0 atom stereocenters. The molecule has 1 aliphatic rings. The third-order valence-corrected chi connectivity index (χ3v) is 9.65. The number of sulfone groups is 1. The van der Waals surface area contributed by atoms with Crippen molar-refractivity contribution < 1.29 is 31.4 Å². The summed E-state index contributed by atoms with van der Waals surface area (Å²) in [4.78, 5) is 10.0. The highest BCUT2D eigenvalue weighted by Crippen LogP contribution is 2.40. The van der Waals surface area contributed by atoms with Gasteiger partial charge in [0.1, 0.15) is 34.6 Å². The number of halogens is 2. The molecule has 7 rings (SSSR count). The van der Waals surface area contributed by atoms with Gasteiger partial charge in [-0.2, -0.15) is 8.78 Å². The topological polar surface area (TPSA) is 110 Å². The molecule has 0 amide bonds. The van der Waals surface area contributed by atoms with Gasteiger partial charge in [0.15, 0.2) is 26.4 Å². The van der Waals surface area contributed by atoms with Crippen molar-refractivity contribution in [2.45, 2.75) is 51.0 Å². The van der Waals surface area contributed by atoms with Crippen molar-refractivity contribution in [2.75, 3.05) is 18.4 Å². The molecule has 13 heteroatoms. The van der Waals surface area contributed by atoms with Crippen LogP contribution in [0.5, 0.6) is 17.2 Å². The molecule has 0 radical (unpaired) electrons. The molecule has 0 aliphatic carbocycles. The van der Waals surface area contributed by atoms with Crippen LogP contribution in [0.1, 0.15) is 30.9 Å². The summed E-state index contributed by atoms with van der Waals surface area (Å²) < 4.78 is 72.9. The number of alkyl halides is 2. The van der Waals surface area contributed by atoms with Gasteiger partial charge >= 0.3 is 6.61 Å². The maximum atomic E-state index is 13.6. The van der Waals surface area contributed by atoms with E-state index in [0.29, 0.717) is 53.4 Å². The number of anilines is 1. The second-order valence-corrected chi connectivity index (χ2v) is 14.3. The normalized spacial score (nSPS) is 12.4. The van der Waals surface area contributed by atoms with E-state index in [1.165, 1.54) is 12.1 Å². The molecule has 2 aromatic heterocycles. The Hall–Kier alpha value is -5.69. The minimum atomic E-state index is -3.86. The Kier molecular flexibility index (Phi) is 9.95. The first-order valence-electron chi connectivity index (χ1n) is 16.9. The molecule has 4 aromatic carbocycles. The number of nitrogens with one attached hydrogen (secondary N) is 1. The number of fused-ring (bicyclic) bond motifs is 1. The van der Waals surface area contributed by atoms with Crippen LogP contribution in [0.25, 0.3) is 34.2 Å². The molecule has 6 aromatic rings.